The van der Waals surface area contributed by atoms with Crippen molar-refractivity contribution >= 4 is 16.7 Å². The SMILES string of the molecule is Cc1[nH]c2c(NC3CCc4ccccc43)nccc2c1C. The number of aromatic nitrogens is 2. The number of H-pyrrole nitrogens is 1. The summed E-state index contributed by atoms with van der Waals surface area (Å²) < 4.78 is 0. The minimum atomic E-state index is 0.364. The molecule has 2 heterocycles. The Morgan fingerprint density at radius 1 is 1.19 bits per heavy atom. The summed E-state index contributed by atoms with van der Waals surface area (Å²) in [7, 11) is 0. The van der Waals surface area contributed by atoms with Crippen LogP contribution in [-0.2, 0) is 6.42 Å². The third-order valence-corrected chi connectivity index (χ3v) is 4.67. The molecule has 1 aliphatic carbocycles. The van der Waals surface area contributed by atoms with E-state index in [4.69, 9.17) is 0 Å². The molecule has 1 aliphatic rings. The van der Waals surface area contributed by atoms with E-state index in [-0.39, 0.29) is 0 Å². The Balaban J connectivity index is 1.74. The zero-order valence-electron chi connectivity index (χ0n) is 12.4. The Morgan fingerprint density at radius 2 is 2.05 bits per heavy atom. The van der Waals surface area contributed by atoms with E-state index in [0.717, 1.165) is 24.2 Å². The zero-order valence-corrected chi connectivity index (χ0v) is 12.4. The minimum absolute atomic E-state index is 0.364. The normalized spacial score (nSPS) is 17.1. The Kier molecular flexibility index (Phi) is 2.74. The number of aromatic amines is 1. The first-order chi connectivity index (χ1) is 10.2. The Morgan fingerprint density at radius 3 is 2.95 bits per heavy atom. The van der Waals surface area contributed by atoms with Gasteiger partial charge in [0.2, 0.25) is 0 Å². The fraction of sp³-hybridized carbons (Fsp3) is 0.278. The van der Waals surface area contributed by atoms with Crippen LogP contribution < -0.4 is 5.32 Å². The van der Waals surface area contributed by atoms with Crippen molar-refractivity contribution in [3.63, 3.8) is 0 Å². The average Bonchev–Trinajstić information content (AvgIpc) is 3.03. The lowest BCUT2D eigenvalue weighted by Crippen LogP contribution is -2.08. The van der Waals surface area contributed by atoms with Gasteiger partial charge in [-0.15, -0.1) is 0 Å². The number of fused-ring (bicyclic) bond motifs is 2. The number of hydrogen-bond acceptors (Lipinski definition) is 2. The van der Waals surface area contributed by atoms with Crippen LogP contribution in [0.1, 0.15) is 34.8 Å². The van der Waals surface area contributed by atoms with Crippen LogP contribution in [0.2, 0.25) is 0 Å². The lowest BCUT2D eigenvalue weighted by molar-refractivity contribution is 0.758. The summed E-state index contributed by atoms with van der Waals surface area (Å²) in [4.78, 5) is 8.02. The molecule has 2 N–H and O–H groups in total. The molecule has 0 aliphatic heterocycles. The van der Waals surface area contributed by atoms with Crippen LogP contribution >= 0.6 is 0 Å². The Labute approximate surface area is 124 Å². The number of aryl methyl sites for hydroxylation is 3. The summed E-state index contributed by atoms with van der Waals surface area (Å²) in [6, 6.07) is 11.2. The van der Waals surface area contributed by atoms with Crippen molar-refractivity contribution in [2.45, 2.75) is 32.7 Å². The molecular weight excluding hydrogens is 258 g/mol. The van der Waals surface area contributed by atoms with Gasteiger partial charge in [-0.2, -0.15) is 0 Å². The molecule has 0 saturated heterocycles. The fourth-order valence-electron chi connectivity index (χ4n) is 3.37. The van der Waals surface area contributed by atoms with Crippen molar-refractivity contribution < 1.29 is 0 Å². The third kappa shape index (κ3) is 1.92. The first kappa shape index (κ1) is 12.5. The first-order valence-electron chi connectivity index (χ1n) is 7.52. The van der Waals surface area contributed by atoms with E-state index in [2.05, 4.69) is 59.5 Å². The van der Waals surface area contributed by atoms with E-state index in [1.54, 1.807) is 0 Å². The predicted molar refractivity (Wildman–Crippen MR) is 86.7 cm³/mol. The number of nitrogens with zero attached hydrogens (tertiary/aromatic N) is 1. The van der Waals surface area contributed by atoms with Gasteiger partial charge in [-0.3, -0.25) is 0 Å². The summed E-state index contributed by atoms with van der Waals surface area (Å²) in [6.45, 7) is 4.27. The van der Waals surface area contributed by atoms with Crippen molar-refractivity contribution in [1.29, 1.82) is 0 Å². The molecular formula is C18H19N3. The fourth-order valence-corrected chi connectivity index (χ4v) is 3.37. The van der Waals surface area contributed by atoms with Gasteiger partial charge in [0.1, 0.15) is 0 Å². The molecule has 0 amide bonds. The molecule has 1 aromatic carbocycles. The summed E-state index contributed by atoms with van der Waals surface area (Å²) in [5.74, 6) is 0.963. The van der Waals surface area contributed by atoms with Gasteiger partial charge in [-0.05, 0) is 49.4 Å². The maximum Gasteiger partial charge on any atom is 0.150 e. The van der Waals surface area contributed by atoms with Crippen LogP contribution in [0.4, 0.5) is 5.82 Å². The van der Waals surface area contributed by atoms with Crippen molar-refractivity contribution in [3.8, 4) is 0 Å². The minimum Gasteiger partial charge on any atom is -0.362 e. The number of rotatable bonds is 2. The predicted octanol–water partition coefficient (Wildman–Crippen LogP) is 4.28. The third-order valence-electron chi connectivity index (χ3n) is 4.67. The molecule has 0 spiro atoms. The Hall–Kier alpha value is -2.29. The molecule has 0 saturated carbocycles. The second kappa shape index (κ2) is 4.62. The largest absolute Gasteiger partial charge is 0.362 e. The molecule has 3 nitrogen and oxygen atoms in total. The van der Waals surface area contributed by atoms with E-state index >= 15 is 0 Å². The van der Waals surface area contributed by atoms with Crippen LogP contribution in [0.3, 0.4) is 0 Å². The van der Waals surface area contributed by atoms with Crippen molar-refractivity contribution in [3.05, 3.63) is 58.9 Å². The second-order valence-electron chi connectivity index (χ2n) is 5.89. The van der Waals surface area contributed by atoms with E-state index < -0.39 is 0 Å². The van der Waals surface area contributed by atoms with Crippen molar-refractivity contribution in [2.24, 2.45) is 0 Å². The van der Waals surface area contributed by atoms with E-state index in [9.17, 15) is 0 Å². The molecule has 4 rings (SSSR count). The van der Waals surface area contributed by atoms with Crippen LogP contribution in [0, 0.1) is 13.8 Å². The quantitative estimate of drug-likeness (QED) is 0.734. The topological polar surface area (TPSA) is 40.7 Å². The number of hydrogen-bond donors (Lipinski definition) is 2. The number of nitrogens with one attached hydrogen (secondary N) is 2. The summed E-state index contributed by atoms with van der Waals surface area (Å²) in [5.41, 5.74) is 6.52. The van der Waals surface area contributed by atoms with Gasteiger partial charge in [0.15, 0.2) is 5.82 Å². The van der Waals surface area contributed by atoms with Crippen LogP contribution in [-0.4, -0.2) is 9.97 Å². The van der Waals surface area contributed by atoms with Crippen LogP contribution in [0.15, 0.2) is 36.5 Å². The molecule has 3 heteroatoms. The highest BCUT2D eigenvalue weighted by Gasteiger charge is 2.23. The number of anilines is 1. The van der Waals surface area contributed by atoms with Gasteiger partial charge in [-0.25, -0.2) is 4.98 Å². The van der Waals surface area contributed by atoms with E-state index in [1.165, 1.54) is 27.8 Å². The lowest BCUT2D eigenvalue weighted by Gasteiger charge is -2.15. The van der Waals surface area contributed by atoms with Gasteiger partial charge in [0.05, 0.1) is 11.6 Å². The highest BCUT2D eigenvalue weighted by atomic mass is 15.0. The Bertz CT molecular complexity index is 816. The maximum atomic E-state index is 4.56. The summed E-state index contributed by atoms with van der Waals surface area (Å²) >= 11 is 0. The maximum absolute atomic E-state index is 4.56. The molecule has 0 bridgehead atoms. The molecule has 0 fully saturated rings. The monoisotopic (exact) mass is 277 g/mol. The van der Waals surface area contributed by atoms with E-state index in [0.29, 0.717) is 6.04 Å². The van der Waals surface area contributed by atoms with Gasteiger partial charge >= 0.3 is 0 Å². The van der Waals surface area contributed by atoms with Gasteiger partial charge in [0, 0.05) is 17.3 Å². The summed E-state index contributed by atoms with van der Waals surface area (Å²) in [6.07, 6.45) is 4.18. The van der Waals surface area contributed by atoms with Gasteiger partial charge in [-0.1, -0.05) is 24.3 Å². The van der Waals surface area contributed by atoms with Gasteiger partial charge < -0.3 is 10.3 Å². The number of benzene rings is 1. The molecule has 2 aromatic heterocycles. The molecule has 1 atom stereocenters. The average molecular weight is 277 g/mol. The number of pyridine rings is 1. The standard InChI is InChI=1S/C18H19N3/c1-11-12(2)20-17-14(11)9-10-19-18(17)21-16-8-7-13-5-3-4-6-15(13)16/h3-6,9-10,16,20H,7-8H2,1-2H3,(H,19,21). The molecule has 3 aromatic rings. The molecule has 21 heavy (non-hydrogen) atoms. The molecule has 1 unspecified atom stereocenters. The van der Waals surface area contributed by atoms with E-state index in [1.807, 2.05) is 6.20 Å². The highest BCUT2D eigenvalue weighted by molar-refractivity contribution is 5.92. The summed E-state index contributed by atoms with van der Waals surface area (Å²) in [5, 5.41) is 4.90. The van der Waals surface area contributed by atoms with Crippen LogP contribution in [0.5, 0.6) is 0 Å². The van der Waals surface area contributed by atoms with Crippen molar-refractivity contribution in [2.75, 3.05) is 5.32 Å². The first-order valence-corrected chi connectivity index (χ1v) is 7.52. The zero-order chi connectivity index (χ0) is 14.4. The molecule has 0 radical (unpaired) electrons. The van der Waals surface area contributed by atoms with Crippen LogP contribution in [0.25, 0.3) is 10.9 Å². The molecule has 106 valence electrons. The van der Waals surface area contributed by atoms with Gasteiger partial charge in [0.25, 0.3) is 0 Å². The lowest BCUT2D eigenvalue weighted by atomic mass is 10.1. The second-order valence-corrected chi connectivity index (χ2v) is 5.89. The smallest absolute Gasteiger partial charge is 0.150 e. The highest BCUT2D eigenvalue weighted by Crippen LogP contribution is 2.35. The van der Waals surface area contributed by atoms with Crippen molar-refractivity contribution in [1.82, 2.24) is 9.97 Å².